The maximum absolute atomic E-state index is 9.16. The Balaban J connectivity index is 1.75. The second kappa shape index (κ2) is 6.24. The van der Waals surface area contributed by atoms with Crippen LogP contribution < -0.4 is 10.1 Å². The summed E-state index contributed by atoms with van der Waals surface area (Å²) in [4.78, 5) is 4.55. The third-order valence-electron chi connectivity index (χ3n) is 3.92. The number of ether oxygens (including phenoxy) is 1. The molecule has 110 valence electrons. The molecule has 4 nitrogen and oxygen atoms in total. The average molecular weight is 284 g/mol. The molecule has 0 bridgehead atoms. The standard InChI is InChI=1S/C17H20N2O2/c1-21-17-14(9-13-4-2-3-5-16(13)19-17)10-18-15-7-6-12(8-15)11-20/h2-7,9,12,15,18,20H,8,10-11H2,1H3/t12-,15+/m0/s1. The highest BCUT2D eigenvalue weighted by Crippen LogP contribution is 2.23. The van der Waals surface area contributed by atoms with Gasteiger partial charge < -0.3 is 15.2 Å². The van der Waals surface area contributed by atoms with Crippen LogP contribution in [0.2, 0.25) is 0 Å². The summed E-state index contributed by atoms with van der Waals surface area (Å²) >= 11 is 0. The summed E-state index contributed by atoms with van der Waals surface area (Å²) in [5.41, 5.74) is 2.00. The van der Waals surface area contributed by atoms with Gasteiger partial charge in [0.1, 0.15) is 0 Å². The van der Waals surface area contributed by atoms with Crippen LogP contribution in [0.1, 0.15) is 12.0 Å². The zero-order chi connectivity index (χ0) is 14.7. The van der Waals surface area contributed by atoms with Gasteiger partial charge in [-0.25, -0.2) is 4.98 Å². The van der Waals surface area contributed by atoms with Gasteiger partial charge in [-0.1, -0.05) is 30.4 Å². The molecular formula is C17H20N2O2. The molecule has 2 N–H and O–H groups in total. The van der Waals surface area contributed by atoms with Gasteiger partial charge >= 0.3 is 0 Å². The number of aromatic nitrogens is 1. The SMILES string of the molecule is COc1nc2ccccc2cc1CN[C@@H]1C=C[C@H](CO)C1. The van der Waals surface area contributed by atoms with Crippen molar-refractivity contribution < 1.29 is 9.84 Å². The Morgan fingerprint density at radius 1 is 1.33 bits per heavy atom. The van der Waals surface area contributed by atoms with Crippen LogP contribution in [0.5, 0.6) is 5.88 Å². The molecule has 2 aromatic rings. The minimum absolute atomic E-state index is 0.218. The molecule has 1 aliphatic rings. The van der Waals surface area contributed by atoms with Crippen LogP contribution in [-0.2, 0) is 6.54 Å². The number of hydrogen-bond acceptors (Lipinski definition) is 4. The number of methoxy groups -OCH3 is 1. The smallest absolute Gasteiger partial charge is 0.218 e. The minimum Gasteiger partial charge on any atom is -0.481 e. The fourth-order valence-corrected chi connectivity index (χ4v) is 2.75. The zero-order valence-corrected chi connectivity index (χ0v) is 12.1. The fourth-order valence-electron chi connectivity index (χ4n) is 2.75. The lowest BCUT2D eigenvalue weighted by Crippen LogP contribution is -2.26. The van der Waals surface area contributed by atoms with Crippen molar-refractivity contribution in [1.29, 1.82) is 0 Å². The Kier molecular flexibility index (Phi) is 4.18. The molecule has 1 heterocycles. The second-order valence-corrected chi connectivity index (χ2v) is 5.40. The van der Waals surface area contributed by atoms with Crippen molar-refractivity contribution in [3.8, 4) is 5.88 Å². The molecule has 1 aromatic heterocycles. The average Bonchev–Trinajstić information content (AvgIpc) is 3.00. The van der Waals surface area contributed by atoms with E-state index >= 15 is 0 Å². The van der Waals surface area contributed by atoms with E-state index in [1.165, 1.54) is 0 Å². The first-order valence-corrected chi connectivity index (χ1v) is 7.25. The van der Waals surface area contributed by atoms with Gasteiger partial charge in [0, 0.05) is 36.1 Å². The zero-order valence-electron chi connectivity index (χ0n) is 12.1. The number of pyridine rings is 1. The van der Waals surface area contributed by atoms with Crippen LogP contribution in [0.4, 0.5) is 0 Å². The van der Waals surface area contributed by atoms with E-state index in [0.717, 1.165) is 22.9 Å². The lowest BCUT2D eigenvalue weighted by atomic mass is 10.1. The summed E-state index contributed by atoms with van der Waals surface area (Å²) in [5, 5.41) is 13.8. The molecule has 0 amide bonds. The number of hydrogen-bond donors (Lipinski definition) is 2. The molecule has 0 fully saturated rings. The number of nitrogens with one attached hydrogen (secondary N) is 1. The van der Waals surface area contributed by atoms with Crippen molar-refractivity contribution >= 4 is 10.9 Å². The van der Waals surface area contributed by atoms with E-state index in [9.17, 15) is 0 Å². The molecule has 1 aromatic carbocycles. The van der Waals surface area contributed by atoms with Gasteiger partial charge in [0.15, 0.2) is 0 Å². The van der Waals surface area contributed by atoms with Crippen LogP contribution in [-0.4, -0.2) is 29.8 Å². The van der Waals surface area contributed by atoms with Crippen LogP contribution in [0.15, 0.2) is 42.5 Å². The predicted molar refractivity (Wildman–Crippen MR) is 83.3 cm³/mol. The first-order valence-electron chi connectivity index (χ1n) is 7.25. The highest BCUT2D eigenvalue weighted by molar-refractivity contribution is 5.80. The Morgan fingerprint density at radius 2 is 2.19 bits per heavy atom. The summed E-state index contributed by atoms with van der Waals surface area (Å²) in [7, 11) is 1.65. The van der Waals surface area contributed by atoms with Gasteiger partial charge in [-0.3, -0.25) is 0 Å². The molecule has 0 saturated carbocycles. The minimum atomic E-state index is 0.218. The van der Waals surface area contributed by atoms with E-state index in [2.05, 4.69) is 34.6 Å². The molecule has 0 saturated heterocycles. The van der Waals surface area contributed by atoms with Crippen molar-refractivity contribution in [1.82, 2.24) is 10.3 Å². The Morgan fingerprint density at radius 3 is 2.95 bits per heavy atom. The Hall–Kier alpha value is -1.91. The largest absolute Gasteiger partial charge is 0.481 e. The first-order chi connectivity index (χ1) is 10.3. The monoisotopic (exact) mass is 284 g/mol. The number of aliphatic hydroxyl groups is 1. The highest BCUT2D eigenvalue weighted by Gasteiger charge is 2.18. The third-order valence-corrected chi connectivity index (χ3v) is 3.92. The van der Waals surface area contributed by atoms with E-state index in [4.69, 9.17) is 9.84 Å². The number of rotatable bonds is 5. The molecule has 21 heavy (non-hydrogen) atoms. The predicted octanol–water partition coefficient (Wildman–Crippen LogP) is 2.27. The lowest BCUT2D eigenvalue weighted by Gasteiger charge is -2.14. The van der Waals surface area contributed by atoms with Gasteiger partial charge in [-0.2, -0.15) is 0 Å². The molecule has 2 atom stereocenters. The molecule has 0 unspecified atom stereocenters. The highest BCUT2D eigenvalue weighted by atomic mass is 16.5. The van der Waals surface area contributed by atoms with Gasteiger partial charge in [0.05, 0.1) is 12.6 Å². The van der Waals surface area contributed by atoms with Gasteiger partial charge in [-0.05, 0) is 18.6 Å². The van der Waals surface area contributed by atoms with Gasteiger partial charge in [-0.15, -0.1) is 0 Å². The van der Waals surface area contributed by atoms with Gasteiger partial charge in [0.2, 0.25) is 5.88 Å². The van der Waals surface area contributed by atoms with Crippen LogP contribution in [0, 0.1) is 5.92 Å². The number of aliphatic hydroxyl groups excluding tert-OH is 1. The Labute approximate surface area is 124 Å². The van der Waals surface area contributed by atoms with E-state index in [1.807, 2.05) is 18.2 Å². The topological polar surface area (TPSA) is 54.4 Å². The summed E-state index contributed by atoms with van der Waals surface area (Å²) in [6.45, 7) is 0.920. The molecule has 1 aliphatic carbocycles. The Bertz CT molecular complexity index is 654. The second-order valence-electron chi connectivity index (χ2n) is 5.40. The van der Waals surface area contributed by atoms with Crippen LogP contribution in [0.25, 0.3) is 10.9 Å². The van der Waals surface area contributed by atoms with E-state index in [-0.39, 0.29) is 12.5 Å². The van der Waals surface area contributed by atoms with Crippen molar-refractivity contribution in [3.63, 3.8) is 0 Å². The third kappa shape index (κ3) is 3.06. The summed E-state index contributed by atoms with van der Waals surface area (Å²) in [5.74, 6) is 0.945. The fraction of sp³-hybridized carbons (Fsp3) is 0.353. The molecule has 3 rings (SSSR count). The summed E-state index contributed by atoms with van der Waals surface area (Å²) < 4.78 is 5.40. The number of para-hydroxylation sites is 1. The van der Waals surface area contributed by atoms with E-state index < -0.39 is 0 Å². The van der Waals surface area contributed by atoms with Crippen LogP contribution >= 0.6 is 0 Å². The van der Waals surface area contributed by atoms with E-state index in [0.29, 0.717) is 18.5 Å². The quantitative estimate of drug-likeness (QED) is 0.827. The molecule has 0 radical (unpaired) electrons. The van der Waals surface area contributed by atoms with Crippen molar-refractivity contribution in [2.24, 2.45) is 5.92 Å². The normalized spacial score (nSPS) is 21.0. The number of nitrogens with zero attached hydrogens (tertiary/aromatic N) is 1. The number of fused-ring (bicyclic) bond motifs is 1. The molecule has 0 spiro atoms. The first kappa shape index (κ1) is 14.0. The molecule has 0 aliphatic heterocycles. The van der Waals surface area contributed by atoms with Crippen molar-refractivity contribution in [2.75, 3.05) is 13.7 Å². The van der Waals surface area contributed by atoms with Crippen LogP contribution in [0.3, 0.4) is 0 Å². The van der Waals surface area contributed by atoms with Crippen molar-refractivity contribution in [3.05, 3.63) is 48.0 Å². The molecular weight excluding hydrogens is 264 g/mol. The maximum Gasteiger partial charge on any atom is 0.218 e. The van der Waals surface area contributed by atoms with Gasteiger partial charge in [0.25, 0.3) is 0 Å². The molecule has 4 heteroatoms. The van der Waals surface area contributed by atoms with E-state index in [1.54, 1.807) is 7.11 Å². The lowest BCUT2D eigenvalue weighted by molar-refractivity contribution is 0.246. The number of benzene rings is 1. The summed E-state index contributed by atoms with van der Waals surface area (Å²) in [6.07, 6.45) is 5.15. The van der Waals surface area contributed by atoms with Crippen molar-refractivity contribution in [2.45, 2.75) is 19.0 Å². The maximum atomic E-state index is 9.16. The summed E-state index contributed by atoms with van der Waals surface area (Å²) in [6, 6.07) is 10.5.